The van der Waals surface area contributed by atoms with Gasteiger partial charge in [0.15, 0.2) is 25.2 Å². The van der Waals surface area contributed by atoms with E-state index < -0.39 is 181 Å². The predicted molar refractivity (Wildman–Crippen MR) is 276 cm³/mol. The Balaban J connectivity index is 0.906. The van der Waals surface area contributed by atoms with Crippen LogP contribution in [0.2, 0.25) is 0 Å². The number of hydrogen-bond acceptors (Lipinski definition) is 24. The number of rotatable bonds is 17. The average Bonchev–Trinajstić information content (AvgIpc) is 1.75. The number of fused-ring (bicyclic) bond motifs is 4. The van der Waals surface area contributed by atoms with Gasteiger partial charge in [-0.15, -0.1) is 0 Å². The van der Waals surface area contributed by atoms with Crippen LogP contribution in [-0.2, 0) is 76.3 Å². The predicted octanol–water partition coefficient (Wildman–Crippen LogP) is 0.700. The van der Waals surface area contributed by atoms with Crippen molar-refractivity contribution >= 4 is 22.3 Å². The van der Waals surface area contributed by atoms with Crippen molar-refractivity contribution in [3.05, 3.63) is 11.6 Å². The molecule has 9 N–H and O–H groups in total. The summed E-state index contributed by atoms with van der Waals surface area (Å²) in [5.74, 6) is -0.409. The number of allylic oxidation sites excluding steroid dienone is 2. The molecule has 5 saturated heterocycles. The van der Waals surface area contributed by atoms with Crippen LogP contribution in [0.5, 0.6) is 0 Å². The molecule has 0 radical (unpaired) electrons. The summed E-state index contributed by atoms with van der Waals surface area (Å²) >= 11 is 0. The molecule has 0 amide bonds. The van der Waals surface area contributed by atoms with E-state index in [0.29, 0.717) is 50.9 Å². The van der Waals surface area contributed by atoms with Crippen LogP contribution in [0.1, 0.15) is 120 Å². The summed E-state index contributed by atoms with van der Waals surface area (Å²) < 4.78 is 104. The van der Waals surface area contributed by atoms with Crippen LogP contribution in [0.4, 0.5) is 0 Å². The maximum absolute atomic E-state index is 14.7. The molecular weight excluding hydrogens is 1090 g/mol. The van der Waals surface area contributed by atoms with Crippen molar-refractivity contribution in [3.63, 3.8) is 0 Å². The van der Waals surface area contributed by atoms with E-state index in [1.54, 1.807) is 0 Å². The molecule has 0 aromatic carbocycles. The van der Waals surface area contributed by atoms with Gasteiger partial charge >= 0.3 is 22.3 Å². The van der Waals surface area contributed by atoms with E-state index in [1.165, 1.54) is 26.5 Å². The van der Waals surface area contributed by atoms with E-state index in [4.69, 9.17) is 56.3 Å². The number of carbonyl (C=O) groups excluding carboxylic acids is 2. The molecule has 464 valence electrons. The Kier molecular flexibility index (Phi) is 18.4. The molecule has 9 rings (SSSR count). The molecule has 0 bridgehead atoms. The number of aliphatic hydroxyl groups is 8. The van der Waals surface area contributed by atoms with Crippen LogP contribution < -0.4 is 0 Å². The van der Waals surface area contributed by atoms with Crippen molar-refractivity contribution in [2.24, 2.45) is 45.3 Å². The minimum atomic E-state index is -5.16. The van der Waals surface area contributed by atoms with Crippen molar-refractivity contribution in [3.8, 4) is 0 Å². The highest BCUT2D eigenvalue weighted by Gasteiger charge is 2.79. The first-order valence-electron chi connectivity index (χ1n) is 28.7. The molecule has 25 nitrogen and oxygen atoms in total. The molecule has 26 heteroatoms. The number of cyclic esters (lactones) is 1. The number of esters is 2. The lowest BCUT2D eigenvalue weighted by Gasteiger charge is -2.64. The van der Waals surface area contributed by atoms with E-state index in [9.17, 15) is 63.4 Å². The lowest BCUT2D eigenvalue weighted by atomic mass is 9.41. The van der Waals surface area contributed by atoms with Gasteiger partial charge in [-0.2, -0.15) is 8.42 Å². The second kappa shape index (κ2) is 23.5. The first-order chi connectivity index (χ1) is 37.9. The maximum Gasteiger partial charge on any atom is 0.397 e. The number of aliphatic hydroxyl groups excluding tert-OH is 8. The highest BCUT2D eigenvalue weighted by atomic mass is 32.3. The fourth-order valence-electron chi connectivity index (χ4n) is 16.5. The summed E-state index contributed by atoms with van der Waals surface area (Å²) in [7, 11) is -3.95. The normalized spacial score (nSPS) is 49.7. The van der Waals surface area contributed by atoms with Gasteiger partial charge in [0.05, 0.1) is 43.4 Å². The van der Waals surface area contributed by atoms with Crippen molar-refractivity contribution < 1.29 is 120 Å². The third-order valence-corrected chi connectivity index (χ3v) is 20.9. The maximum atomic E-state index is 14.7. The lowest BCUT2D eigenvalue weighted by molar-refractivity contribution is -0.382. The molecule has 27 atom stereocenters. The van der Waals surface area contributed by atoms with E-state index in [1.807, 2.05) is 6.92 Å². The molecule has 9 aliphatic rings. The average molecular weight is 1180 g/mol. The topological polar surface area (TPSA) is 361 Å². The molecule has 5 heterocycles. The molecule has 8 fully saturated rings. The smallest absolute Gasteiger partial charge is 0.397 e. The zero-order chi connectivity index (χ0) is 59.3. The standard InChI is InChI=1S/C55H88O25S/c1-24(2)12-11-17-54(9)45-30(73-26(4)57)20-53(8)28-13-14-33-51(5,6)34(16-18-52(33,7)27(28)15-19-55(45,53)50(65)79-54)75-49-44(36(60)32(23-71-49)80-81(66,67)68)78-47-38(62)37(61)41(25(3)72-47)76-46-39(63)42(29(58)22-70-46)77-48-40(64)43(69-10)35(59)31(21-56)74-48/h13,24-25,27,29-49,56,58-64H,11-12,14-23H2,1-10H3,(H,66,67,68). The highest BCUT2D eigenvalue weighted by Crippen LogP contribution is 2.77. The van der Waals surface area contributed by atoms with E-state index in [-0.39, 0.29) is 29.1 Å². The summed E-state index contributed by atoms with van der Waals surface area (Å²) in [6.07, 6.45) is -21.7. The van der Waals surface area contributed by atoms with E-state index >= 15 is 0 Å². The Hall–Kier alpha value is -2.13. The Labute approximate surface area is 473 Å². The van der Waals surface area contributed by atoms with Crippen LogP contribution in [0.15, 0.2) is 11.6 Å². The molecule has 4 aliphatic carbocycles. The third-order valence-electron chi connectivity index (χ3n) is 20.4. The van der Waals surface area contributed by atoms with Gasteiger partial charge in [-0.3, -0.25) is 14.1 Å². The molecule has 0 aromatic heterocycles. The molecule has 27 unspecified atom stereocenters. The van der Waals surface area contributed by atoms with Crippen molar-refractivity contribution in [1.82, 2.24) is 0 Å². The summed E-state index contributed by atoms with van der Waals surface area (Å²) in [6.45, 7) is 16.1. The summed E-state index contributed by atoms with van der Waals surface area (Å²) in [6, 6.07) is 0. The molecule has 81 heavy (non-hydrogen) atoms. The molecule has 1 spiro atoms. The quantitative estimate of drug-likeness (QED) is 0.0550. The fraction of sp³-hybridized carbons (Fsp3) is 0.927. The van der Waals surface area contributed by atoms with Crippen LogP contribution in [0.3, 0.4) is 0 Å². The van der Waals surface area contributed by atoms with Gasteiger partial charge in [0.1, 0.15) is 91.1 Å². The number of hydrogen-bond donors (Lipinski definition) is 9. The van der Waals surface area contributed by atoms with Gasteiger partial charge in [-0.25, -0.2) is 4.18 Å². The minimum Gasteiger partial charge on any atom is -0.462 e. The Bertz CT molecular complexity index is 2390. The SMILES string of the molecule is COC1C(O)C(CO)OC(OC2C(O)COC(OC3C(C)OC(OC4C(OC5CCC6(C)C7CCC89C(=O)OC(C)(CCCC(C)C)C8C(OC(C)=O)CC9(C)C7=CCC6C5(C)C)OCC(OS(=O)(=O)O)C4O)C(O)C3O)C2O)C1O. The van der Waals surface area contributed by atoms with Gasteiger partial charge in [0.25, 0.3) is 0 Å². The number of carbonyl (C=O) groups is 2. The second-order valence-corrected chi connectivity index (χ2v) is 27.1. The zero-order valence-corrected chi connectivity index (χ0v) is 48.7. The first-order valence-corrected chi connectivity index (χ1v) is 30.1. The Morgan fingerprint density at radius 2 is 1.43 bits per heavy atom. The second-order valence-electron chi connectivity index (χ2n) is 26.1. The van der Waals surface area contributed by atoms with Crippen molar-refractivity contribution in [1.29, 1.82) is 0 Å². The van der Waals surface area contributed by atoms with Gasteiger partial charge < -0.3 is 93.0 Å². The Morgan fingerprint density at radius 1 is 0.778 bits per heavy atom. The van der Waals surface area contributed by atoms with Crippen LogP contribution in [0.25, 0.3) is 0 Å². The van der Waals surface area contributed by atoms with Crippen molar-refractivity contribution in [2.75, 3.05) is 26.9 Å². The zero-order valence-electron chi connectivity index (χ0n) is 47.9. The van der Waals surface area contributed by atoms with Crippen LogP contribution >= 0.6 is 0 Å². The lowest BCUT2D eigenvalue weighted by Crippen LogP contribution is -2.65. The minimum absolute atomic E-state index is 0.00650. The molecular formula is C55H88O25S. The summed E-state index contributed by atoms with van der Waals surface area (Å²) in [5, 5.41) is 88.4. The first kappa shape index (κ1) is 63.4. The Morgan fingerprint density at radius 3 is 2.09 bits per heavy atom. The summed E-state index contributed by atoms with van der Waals surface area (Å²) in [4.78, 5) is 27.4. The highest BCUT2D eigenvalue weighted by molar-refractivity contribution is 7.80. The monoisotopic (exact) mass is 1180 g/mol. The van der Waals surface area contributed by atoms with Crippen LogP contribution in [0, 0.1) is 45.3 Å². The fourth-order valence-corrected chi connectivity index (χ4v) is 17.0. The molecule has 0 aromatic rings. The van der Waals surface area contributed by atoms with Gasteiger partial charge in [0, 0.05) is 19.4 Å². The van der Waals surface area contributed by atoms with Gasteiger partial charge in [-0.05, 0) is 93.8 Å². The van der Waals surface area contributed by atoms with Gasteiger partial charge in [0.2, 0.25) is 0 Å². The van der Waals surface area contributed by atoms with E-state index in [2.05, 4.69) is 47.6 Å². The molecule has 5 aliphatic heterocycles. The van der Waals surface area contributed by atoms with Crippen molar-refractivity contribution in [2.45, 2.75) is 249 Å². The molecule has 3 saturated carbocycles. The third kappa shape index (κ3) is 11.2. The van der Waals surface area contributed by atoms with E-state index in [0.717, 1.165) is 12.8 Å². The number of ether oxygens (including phenoxy) is 11. The summed E-state index contributed by atoms with van der Waals surface area (Å²) in [5.41, 5.74) is -2.08. The van der Waals surface area contributed by atoms with Crippen LogP contribution in [-0.4, -0.2) is 221 Å². The number of methoxy groups -OCH3 is 1. The largest absolute Gasteiger partial charge is 0.462 e. The van der Waals surface area contributed by atoms with Gasteiger partial charge in [-0.1, -0.05) is 59.6 Å².